The minimum absolute atomic E-state index is 0.00651. The number of fused-ring (bicyclic) bond motifs is 1. The summed E-state index contributed by atoms with van der Waals surface area (Å²) in [4.78, 5) is 14.9. The first kappa shape index (κ1) is 18.7. The Morgan fingerprint density at radius 3 is 2.89 bits per heavy atom. The molecular formula is C19H23N5O3S. The lowest BCUT2D eigenvalue weighted by molar-refractivity contribution is -0.121. The molecule has 1 amide bonds. The zero-order valence-corrected chi connectivity index (χ0v) is 16.4. The highest BCUT2D eigenvalue weighted by Crippen LogP contribution is 2.34. The summed E-state index contributed by atoms with van der Waals surface area (Å²) >= 11 is 5.44. The summed E-state index contributed by atoms with van der Waals surface area (Å²) in [5.41, 5.74) is 0.732. The molecule has 9 heteroatoms. The van der Waals surface area contributed by atoms with Gasteiger partial charge in [-0.2, -0.15) is 5.10 Å². The van der Waals surface area contributed by atoms with E-state index in [1.165, 1.54) is 0 Å². The molecule has 0 aliphatic carbocycles. The topological polar surface area (TPSA) is 73.6 Å². The van der Waals surface area contributed by atoms with Crippen molar-refractivity contribution in [2.75, 3.05) is 25.2 Å². The normalized spacial score (nSPS) is 16.9. The van der Waals surface area contributed by atoms with Gasteiger partial charge in [0.25, 0.3) is 0 Å². The van der Waals surface area contributed by atoms with Crippen molar-refractivity contribution in [1.82, 2.24) is 19.2 Å². The van der Waals surface area contributed by atoms with Crippen LogP contribution in [0.25, 0.3) is 0 Å². The van der Waals surface area contributed by atoms with Crippen LogP contribution in [0, 0.1) is 10.7 Å². The smallest absolute Gasteiger partial charge is 0.231 e. The highest BCUT2D eigenvalue weighted by atomic mass is 32.1. The maximum atomic E-state index is 12.6. The first-order valence-corrected chi connectivity index (χ1v) is 9.71. The number of aromatic nitrogens is 3. The van der Waals surface area contributed by atoms with Crippen molar-refractivity contribution in [3.63, 3.8) is 0 Å². The zero-order chi connectivity index (χ0) is 19.5. The number of allylic oxidation sites excluding steroid dienone is 1. The van der Waals surface area contributed by atoms with Crippen molar-refractivity contribution >= 4 is 23.8 Å². The SMILES string of the molecule is C=CCn1cnn(CN2CCC(C(=O)Nc3ccc4c(c3)OCO4)CC2)c1=S. The Balaban J connectivity index is 1.29. The third-order valence-electron chi connectivity index (χ3n) is 5.06. The van der Waals surface area contributed by atoms with E-state index in [1.54, 1.807) is 18.5 Å². The number of anilines is 1. The molecule has 2 aromatic rings. The molecule has 1 N–H and O–H groups in total. The van der Waals surface area contributed by atoms with E-state index in [4.69, 9.17) is 21.7 Å². The van der Waals surface area contributed by atoms with Gasteiger partial charge in [-0.3, -0.25) is 9.69 Å². The highest BCUT2D eigenvalue weighted by molar-refractivity contribution is 7.71. The Morgan fingerprint density at radius 1 is 1.32 bits per heavy atom. The lowest BCUT2D eigenvalue weighted by Crippen LogP contribution is -2.39. The van der Waals surface area contributed by atoms with Crippen molar-refractivity contribution in [3.05, 3.63) is 42.0 Å². The molecule has 1 fully saturated rings. The van der Waals surface area contributed by atoms with E-state index >= 15 is 0 Å². The van der Waals surface area contributed by atoms with Crippen LogP contribution in [0.5, 0.6) is 11.5 Å². The molecular weight excluding hydrogens is 378 g/mol. The summed E-state index contributed by atoms with van der Waals surface area (Å²) in [6, 6.07) is 5.45. The second-order valence-electron chi connectivity index (χ2n) is 6.95. The van der Waals surface area contributed by atoms with E-state index in [1.807, 2.05) is 21.4 Å². The lowest BCUT2D eigenvalue weighted by atomic mass is 9.96. The summed E-state index contributed by atoms with van der Waals surface area (Å²) in [5.74, 6) is 1.42. The van der Waals surface area contributed by atoms with Gasteiger partial charge in [-0.25, -0.2) is 4.68 Å². The third kappa shape index (κ3) is 3.95. The van der Waals surface area contributed by atoms with Crippen LogP contribution < -0.4 is 14.8 Å². The summed E-state index contributed by atoms with van der Waals surface area (Å²) in [7, 11) is 0. The fraction of sp³-hybridized carbons (Fsp3) is 0.421. The van der Waals surface area contributed by atoms with Gasteiger partial charge in [0.05, 0.1) is 6.67 Å². The highest BCUT2D eigenvalue weighted by Gasteiger charge is 2.26. The number of amides is 1. The van der Waals surface area contributed by atoms with Gasteiger partial charge in [0.15, 0.2) is 16.3 Å². The molecule has 3 heterocycles. The van der Waals surface area contributed by atoms with Crippen LogP contribution in [0.15, 0.2) is 37.2 Å². The Hall–Kier alpha value is -2.65. The van der Waals surface area contributed by atoms with Crippen LogP contribution in [-0.4, -0.2) is 45.0 Å². The van der Waals surface area contributed by atoms with Crippen LogP contribution >= 0.6 is 12.2 Å². The maximum Gasteiger partial charge on any atom is 0.231 e. The van der Waals surface area contributed by atoms with Crippen LogP contribution in [0.2, 0.25) is 0 Å². The number of nitrogens with one attached hydrogen (secondary N) is 1. The Morgan fingerprint density at radius 2 is 2.11 bits per heavy atom. The van der Waals surface area contributed by atoms with E-state index in [-0.39, 0.29) is 18.6 Å². The average Bonchev–Trinajstić information content (AvgIpc) is 3.30. The van der Waals surface area contributed by atoms with E-state index < -0.39 is 0 Å². The van der Waals surface area contributed by atoms with Gasteiger partial charge < -0.3 is 19.4 Å². The lowest BCUT2D eigenvalue weighted by Gasteiger charge is -2.30. The maximum absolute atomic E-state index is 12.6. The van der Waals surface area contributed by atoms with Gasteiger partial charge in [-0.15, -0.1) is 6.58 Å². The molecule has 1 aromatic heterocycles. The third-order valence-corrected chi connectivity index (χ3v) is 5.50. The molecule has 4 rings (SSSR count). The molecule has 2 aliphatic rings. The number of likely N-dealkylation sites (tertiary alicyclic amines) is 1. The first-order valence-electron chi connectivity index (χ1n) is 9.30. The fourth-order valence-electron chi connectivity index (χ4n) is 3.48. The van der Waals surface area contributed by atoms with Gasteiger partial charge in [0.1, 0.15) is 6.33 Å². The summed E-state index contributed by atoms with van der Waals surface area (Å²) < 4.78 is 15.0. The van der Waals surface area contributed by atoms with Gasteiger partial charge in [-0.1, -0.05) is 6.08 Å². The number of rotatable bonds is 6. The molecule has 1 aromatic carbocycles. The van der Waals surface area contributed by atoms with Crippen molar-refractivity contribution in [1.29, 1.82) is 0 Å². The van der Waals surface area contributed by atoms with Crippen LogP contribution in [-0.2, 0) is 18.0 Å². The van der Waals surface area contributed by atoms with Gasteiger partial charge in [0.2, 0.25) is 12.7 Å². The minimum Gasteiger partial charge on any atom is -0.454 e. The second kappa shape index (κ2) is 8.15. The number of ether oxygens (including phenoxy) is 2. The standard InChI is InChI=1S/C19H23N5O3S/c1-2-7-23-11-20-24(19(23)28)12-22-8-5-14(6-9-22)18(25)21-15-3-4-16-17(10-15)27-13-26-16/h2-4,10-11,14H,1,5-9,12-13H2,(H,21,25). The Kier molecular flexibility index (Phi) is 5.45. The number of hydrogen-bond acceptors (Lipinski definition) is 6. The molecule has 0 unspecified atom stereocenters. The number of piperidine rings is 1. The van der Waals surface area contributed by atoms with Crippen LogP contribution in [0.1, 0.15) is 12.8 Å². The van der Waals surface area contributed by atoms with E-state index in [9.17, 15) is 4.79 Å². The van der Waals surface area contributed by atoms with Gasteiger partial charge >= 0.3 is 0 Å². The number of nitrogens with zero attached hydrogens (tertiary/aromatic N) is 4. The van der Waals surface area contributed by atoms with Crippen molar-refractivity contribution in [2.24, 2.45) is 5.92 Å². The van der Waals surface area contributed by atoms with E-state index in [0.717, 1.165) is 31.6 Å². The first-order chi connectivity index (χ1) is 13.6. The molecule has 148 valence electrons. The average molecular weight is 401 g/mol. The number of benzene rings is 1. The fourth-order valence-corrected chi connectivity index (χ4v) is 3.70. The summed E-state index contributed by atoms with van der Waals surface area (Å²) in [6.45, 7) is 6.90. The second-order valence-corrected chi connectivity index (χ2v) is 7.31. The molecule has 0 bridgehead atoms. The number of carbonyl (C=O) groups excluding carboxylic acids is 1. The Bertz CT molecular complexity index is 930. The monoisotopic (exact) mass is 401 g/mol. The minimum atomic E-state index is -0.00651. The van der Waals surface area contributed by atoms with Crippen molar-refractivity contribution in [3.8, 4) is 11.5 Å². The predicted octanol–water partition coefficient (Wildman–Crippen LogP) is 2.64. The molecule has 28 heavy (non-hydrogen) atoms. The van der Waals surface area contributed by atoms with E-state index in [0.29, 0.717) is 29.5 Å². The molecule has 2 aliphatic heterocycles. The summed E-state index contributed by atoms with van der Waals surface area (Å²) in [5, 5.41) is 7.34. The zero-order valence-electron chi connectivity index (χ0n) is 15.5. The van der Waals surface area contributed by atoms with Crippen LogP contribution in [0.3, 0.4) is 0 Å². The molecule has 0 atom stereocenters. The Labute approximate surface area is 168 Å². The van der Waals surface area contributed by atoms with Crippen LogP contribution in [0.4, 0.5) is 5.69 Å². The number of hydrogen-bond donors (Lipinski definition) is 1. The van der Waals surface area contributed by atoms with E-state index in [2.05, 4.69) is 21.9 Å². The molecule has 8 nitrogen and oxygen atoms in total. The largest absolute Gasteiger partial charge is 0.454 e. The molecule has 0 saturated carbocycles. The van der Waals surface area contributed by atoms with Gasteiger partial charge in [0, 0.05) is 37.3 Å². The number of carbonyl (C=O) groups is 1. The molecule has 0 spiro atoms. The van der Waals surface area contributed by atoms with Gasteiger partial charge in [-0.05, 0) is 37.2 Å². The molecule has 1 saturated heterocycles. The predicted molar refractivity (Wildman–Crippen MR) is 107 cm³/mol. The molecule has 0 radical (unpaired) electrons. The van der Waals surface area contributed by atoms with Crippen molar-refractivity contribution in [2.45, 2.75) is 26.1 Å². The summed E-state index contributed by atoms with van der Waals surface area (Å²) in [6.07, 6.45) is 5.13. The van der Waals surface area contributed by atoms with Crippen molar-refractivity contribution < 1.29 is 14.3 Å². The quantitative estimate of drug-likeness (QED) is 0.593.